The van der Waals surface area contributed by atoms with Crippen LogP contribution >= 0.6 is 11.3 Å². The van der Waals surface area contributed by atoms with Crippen molar-refractivity contribution in [3.05, 3.63) is 47.2 Å². The van der Waals surface area contributed by atoms with E-state index in [1.54, 1.807) is 17.7 Å². The summed E-state index contributed by atoms with van der Waals surface area (Å²) in [6, 6.07) is 8.35. The van der Waals surface area contributed by atoms with Gasteiger partial charge in [0.2, 0.25) is 0 Å². The van der Waals surface area contributed by atoms with E-state index in [4.69, 9.17) is 0 Å². The van der Waals surface area contributed by atoms with E-state index in [2.05, 4.69) is 33.5 Å². The highest BCUT2D eigenvalue weighted by molar-refractivity contribution is 7.09. The summed E-state index contributed by atoms with van der Waals surface area (Å²) >= 11 is 1.65. The molecule has 6 heteroatoms. The molecule has 0 spiro atoms. The third kappa shape index (κ3) is 2.55. The lowest BCUT2D eigenvalue weighted by Crippen LogP contribution is -2.06. The van der Waals surface area contributed by atoms with Crippen molar-refractivity contribution in [3.8, 4) is 11.4 Å². The van der Waals surface area contributed by atoms with Gasteiger partial charge >= 0.3 is 0 Å². The standard InChI is InChI=1S/C14H15N5S/c1-10(14-15-6-7-20-14)17-12-5-3-4-11(8-12)13-18-16-9-19(13)2/h3-10,17H,1-2H3. The molecule has 0 saturated carbocycles. The molecule has 0 fully saturated rings. The molecule has 2 heterocycles. The van der Waals surface area contributed by atoms with Crippen molar-refractivity contribution in [1.29, 1.82) is 0 Å². The van der Waals surface area contributed by atoms with Crippen LogP contribution in [-0.4, -0.2) is 19.7 Å². The normalized spacial score (nSPS) is 12.3. The first-order valence-electron chi connectivity index (χ1n) is 6.34. The average Bonchev–Trinajstić information content (AvgIpc) is 3.10. The van der Waals surface area contributed by atoms with Crippen LogP contribution in [0.15, 0.2) is 42.2 Å². The minimum atomic E-state index is 0.185. The zero-order valence-electron chi connectivity index (χ0n) is 11.3. The smallest absolute Gasteiger partial charge is 0.163 e. The number of anilines is 1. The van der Waals surface area contributed by atoms with Gasteiger partial charge < -0.3 is 9.88 Å². The zero-order valence-corrected chi connectivity index (χ0v) is 12.1. The third-order valence-electron chi connectivity index (χ3n) is 3.04. The largest absolute Gasteiger partial charge is 0.376 e. The Kier molecular flexibility index (Phi) is 3.47. The maximum atomic E-state index is 4.33. The number of nitrogens with zero attached hydrogens (tertiary/aromatic N) is 4. The minimum absolute atomic E-state index is 0.185. The van der Waals surface area contributed by atoms with Crippen LogP contribution in [0.25, 0.3) is 11.4 Å². The Hall–Kier alpha value is -2.21. The number of thiazole rings is 1. The van der Waals surface area contributed by atoms with Crippen molar-refractivity contribution >= 4 is 17.0 Å². The summed E-state index contributed by atoms with van der Waals surface area (Å²) in [5, 5.41) is 14.6. The lowest BCUT2D eigenvalue weighted by Gasteiger charge is -2.13. The van der Waals surface area contributed by atoms with Crippen molar-refractivity contribution < 1.29 is 0 Å². The number of aromatic nitrogens is 4. The Morgan fingerprint density at radius 3 is 2.95 bits per heavy atom. The van der Waals surface area contributed by atoms with Gasteiger partial charge in [-0.2, -0.15) is 0 Å². The second-order valence-electron chi connectivity index (χ2n) is 4.58. The number of rotatable bonds is 4. The summed E-state index contributed by atoms with van der Waals surface area (Å²) in [6.45, 7) is 2.10. The first-order chi connectivity index (χ1) is 9.74. The van der Waals surface area contributed by atoms with Crippen molar-refractivity contribution in [1.82, 2.24) is 19.7 Å². The lowest BCUT2D eigenvalue weighted by molar-refractivity contribution is 0.869. The van der Waals surface area contributed by atoms with Crippen LogP contribution in [0.3, 0.4) is 0 Å². The summed E-state index contributed by atoms with van der Waals surface area (Å²) in [5.41, 5.74) is 2.09. The molecule has 3 aromatic rings. The molecular weight excluding hydrogens is 270 g/mol. The molecule has 1 atom stereocenters. The molecule has 102 valence electrons. The van der Waals surface area contributed by atoms with Gasteiger partial charge in [-0.3, -0.25) is 0 Å². The van der Waals surface area contributed by atoms with E-state index in [0.29, 0.717) is 0 Å². The molecule has 5 nitrogen and oxygen atoms in total. The Morgan fingerprint density at radius 2 is 2.25 bits per heavy atom. The molecule has 0 bridgehead atoms. The Bertz CT molecular complexity index is 689. The van der Waals surface area contributed by atoms with Crippen LogP contribution in [0.1, 0.15) is 18.0 Å². The predicted molar refractivity (Wildman–Crippen MR) is 80.6 cm³/mol. The van der Waals surface area contributed by atoms with Crippen molar-refractivity contribution in [2.45, 2.75) is 13.0 Å². The first kappa shape index (κ1) is 12.8. The summed E-state index contributed by atoms with van der Waals surface area (Å²) in [5.74, 6) is 0.857. The summed E-state index contributed by atoms with van der Waals surface area (Å²) in [6.07, 6.45) is 3.53. The topological polar surface area (TPSA) is 55.6 Å². The Labute approximate surface area is 121 Å². The maximum Gasteiger partial charge on any atom is 0.163 e. The molecule has 3 rings (SSSR count). The minimum Gasteiger partial charge on any atom is -0.376 e. The van der Waals surface area contributed by atoms with Gasteiger partial charge in [-0.05, 0) is 19.1 Å². The van der Waals surface area contributed by atoms with E-state index in [0.717, 1.165) is 22.1 Å². The summed E-state index contributed by atoms with van der Waals surface area (Å²) < 4.78 is 1.91. The van der Waals surface area contributed by atoms with Gasteiger partial charge in [-0.15, -0.1) is 21.5 Å². The average molecular weight is 285 g/mol. The molecule has 2 aromatic heterocycles. The summed E-state index contributed by atoms with van der Waals surface area (Å²) in [7, 11) is 1.94. The predicted octanol–water partition coefficient (Wildman–Crippen LogP) is 3.11. The van der Waals surface area contributed by atoms with Gasteiger partial charge in [0.1, 0.15) is 11.3 Å². The van der Waals surface area contributed by atoms with E-state index in [1.807, 2.05) is 41.4 Å². The first-order valence-corrected chi connectivity index (χ1v) is 7.22. The lowest BCUT2D eigenvalue weighted by atomic mass is 10.1. The van der Waals surface area contributed by atoms with Gasteiger partial charge in [0, 0.05) is 29.9 Å². The van der Waals surface area contributed by atoms with Gasteiger partial charge in [-0.25, -0.2) is 4.98 Å². The molecular formula is C14H15N5S. The van der Waals surface area contributed by atoms with Gasteiger partial charge in [-0.1, -0.05) is 12.1 Å². The van der Waals surface area contributed by atoms with Crippen LogP contribution in [0, 0.1) is 0 Å². The molecule has 0 aliphatic carbocycles. The van der Waals surface area contributed by atoms with E-state index in [1.165, 1.54) is 0 Å². The monoisotopic (exact) mass is 285 g/mol. The van der Waals surface area contributed by atoms with E-state index >= 15 is 0 Å². The molecule has 0 saturated heterocycles. The second-order valence-corrected chi connectivity index (χ2v) is 5.51. The SMILES string of the molecule is CC(Nc1cccc(-c2nncn2C)c1)c1nccs1. The molecule has 1 N–H and O–H groups in total. The van der Waals surface area contributed by atoms with Gasteiger partial charge in [0.05, 0.1) is 6.04 Å². The Morgan fingerprint density at radius 1 is 1.35 bits per heavy atom. The van der Waals surface area contributed by atoms with Gasteiger partial charge in [0.15, 0.2) is 5.82 Å². The van der Waals surface area contributed by atoms with Crippen LogP contribution in [0.5, 0.6) is 0 Å². The molecule has 20 heavy (non-hydrogen) atoms. The number of nitrogens with one attached hydrogen (secondary N) is 1. The maximum absolute atomic E-state index is 4.33. The van der Waals surface area contributed by atoms with E-state index < -0.39 is 0 Å². The highest BCUT2D eigenvalue weighted by Crippen LogP contribution is 2.24. The highest BCUT2D eigenvalue weighted by Gasteiger charge is 2.09. The van der Waals surface area contributed by atoms with Crippen LogP contribution in [0.4, 0.5) is 5.69 Å². The number of hydrogen-bond acceptors (Lipinski definition) is 5. The molecule has 1 aromatic carbocycles. The molecule has 1 unspecified atom stereocenters. The molecule has 0 aliphatic heterocycles. The highest BCUT2D eigenvalue weighted by atomic mass is 32.1. The Balaban J connectivity index is 1.83. The van der Waals surface area contributed by atoms with Crippen LogP contribution in [-0.2, 0) is 7.05 Å². The fraction of sp³-hybridized carbons (Fsp3) is 0.214. The number of hydrogen-bond donors (Lipinski definition) is 1. The quantitative estimate of drug-likeness (QED) is 0.800. The fourth-order valence-corrected chi connectivity index (χ4v) is 2.70. The van der Waals surface area contributed by atoms with Crippen molar-refractivity contribution in [2.24, 2.45) is 7.05 Å². The van der Waals surface area contributed by atoms with Gasteiger partial charge in [0.25, 0.3) is 0 Å². The second kappa shape index (κ2) is 5.42. The van der Waals surface area contributed by atoms with E-state index in [-0.39, 0.29) is 6.04 Å². The van der Waals surface area contributed by atoms with Crippen LogP contribution in [0.2, 0.25) is 0 Å². The zero-order chi connectivity index (χ0) is 13.9. The van der Waals surface area contributed by atoms with Crippen molar-refractivity contribution in [3.63, 3.8) is 0 Å². The number of aryl methyl sites for hydroxylation is 1. The van der Waals surface area contributed by atoms with E-state index in [9.17, 15) is 0 Å². The summed E-state index contributed by atoms with van der Waals surface area (Å²) in [4.78, 5) is 4.33. The molecule has 0 aliphatic rings. The fourth-order valence-electron chi connectivity index (χ4n) is 2.05. The van der Waals surface area contributed by atoms with Crippen LogP contribution < -0.4 is 5.32 Å². The molecule has 0 radical (unpaired) electrons. The molecule has 0 amide bonds. The van der Waals surface area contributed by atoms with Crippen molar-refractivity contribution in [2.75, 3.05) is 5.32 Å². The third-order valence-corrected chi connectivity index (χ3v) is 4.00. The number of benzene rings is 1.